The molecule has 7 heteroatoms. The standard InChI is InChI=1S/C12H12N4O3/c1-7-14-11(16-15-7)12(17)13-5-8-2-3-9-10(4-8)19-6-18-9/h2-4H,5-6H2,1H3,(H,13,17)(H,14,15,16). The number of aromatic amines is 1. The highest BCUT2D eigenvalue weighted by Gasteiger charge is 2.14. The number of aryl methyl sites for hydroxylation is 1. The van der Waals surface area contributed by atoms with Crippen LogP contribution in [0.2, 0.25) is 0 Å². The lowest BCUT2D eigenvalue weighted by Crippen LogP contribution is -2.24. The summed E-state index contributed by atoms with van der Waals surface area (Å²) >= 11 is 0. The van der Waals surface area contributed by atoms with Gasteiger partial charge in [0.25, 0.3) is 5.91 Å². The van der Waals surface area contributed by atoms with E-state index in [1.165, 1.54) is 0 Å². The highest BCUT2D eigenvalue weighted by Crippen LogP contribution is 2.32. The van der Waals surface area contributed by atoms with Gasteiger partial charge in [0.15, 0.2) is 11.5 Å². The van der Waals surface area contributed by atoms with Gasteiger partial charge in [0.2, 0.25) is 12.6 Å². The fraction of sp³-hybridized carbons (Fsp3) is 0.250. The van der Waals surface area contributed by atoms with Crippen LogP contribution in [0.1, 0.15) is 22.0 Å². The normalized spacial score (nSPS) is 12.5. The van der Waals surface area contributed by atoms with Crippen molar-refractivity contribution in [3.8, 4) is 11.5 Å². The van der Waals surface area contributed by atoms with Gasteiger partial charge in [0.05, 0.1) is 0 Å². The van der Waals surface area contributed by atoms with Crippen LogP contribution in [0.5, 0.6) is 11.5 Å². The fourth-order valence-corrected chi connectivity index (χ4v) is 1.76. The van der Waals surface area contributed by atoms with Gasteiger partial charge in [0, 0.05) is 6.54 Å². The van der Waals surface area contributed by atoms with E-state index in [0.29, 0.717) is 18.1 Å². The molecule has 2 aromatic rings. The molecule has 1 aromatic carbocycles. The summed E-state index contributed by atoms with van der Waals surface area (Å²) in [7, 11) is 0. The Labute approximate surface area is 108 Å². The largest absolute Gasteiger partial charge is 0.454 e. The zero-order valence-electron chi connectivity index (χ0n) is 10.3. The third-order valence-corrected chi connectivity index (χ3v) is 2.69. The predicted octanol–water partition coefficient (Wildman–Crippen LogP) is 0.772. The lowest BCUT2D eigenvalue weighted by molar-refractivity contribution is 0.0940. The fourth-order valence-electron chi connectivity index (χ4n) is 1.76. The molecule has 0 unspecified atom stereocenters. The number of nitrogens with zero attached hydrogens (tertiary/aromatic N) is 2. The van der Waals surface area contributed by atoms with E-state index in [2.05, 4.69) is 20.5 Å². The quantitative estimate of drug-likeness (QED) is 0.851. The lowest BCUT2D eigenvalue weighted by Gasteiger charge is -2.04. The summed E-state index contributed by atoms with van der Waals surface area (Å²) in [5, 5.41) is 9.16. The van der Waals surface area contributed by atoms with Crippen LogP contribution in [0.15, 0.2) is 18.2 Å². The topological polar surface area (TPSA) is 89.1 Å². The molecule has 19 heavy (non-hydrogen) atoms. The van der Waals surface area contributed by atoms with Crippen molar-refractivity contribution in [3.63, 3.8) is 0 Å². The second-order valence-corrected chi connectivity index (χ2v) is 4.11. The molecule has 0 saturated carbocycles. The van der Waals surface area contributed by atoms with Gasteiger partial charge in [0.1, 0.15) is 5.82 Å². The highest BCUT2D eigenvalue weighted by atomic mass is 16.7. The van der Waals surface area contributed by atoms with Crippen molar-refractivity contribution in [2.45, 2.75) is 13.5 Å². The second kappa shape index (κ2) is 4.60. The van der Waals surface area contributed by atoms with E-state index in [1.807, 2.05) is 18.2 Å². The first-order chi connectivity index (χ1) is 9.22. The number of benzene rings is 1. The molecule has 3 rings (SSSR count). The zero-order chi connectivity index (χ0) is 13.2. The van der Waals surface area contributed by atoms with Crippen molar-refractivity contribution in [1.82, 2.24) is 20.5 Å². The van der Waals surface area contributed by atoms with Crippen LogP contribution in [0.3, 0.4) is 0 Å². The van der Waals surface area contributed by atoms with Gasteiger partial charge in [-0.2, -0.15) is 0 Å². The summed E-state index contributed by atoms with van der Waals surface area (Å²) in [6.07, 6.45) is 0. The van der Waals surface area contributed by atoms with Gasteiger partial charge < -0.3 is 14.8 Å². The molecule has 0 saturated heterocycles. The molecule has 98 valence electrons. The monoisotopic (exact) mass is 260 g/mol. The molecule has 0 spiro atoms. The Morgan fingerprint density at radius 3 is 3.05 bits per heavy atom. The van der Waals surface area contributed by atoms with Crippen molar-refractivity contribution in [3.05, 3.63) is 35.4 Å². The van der Waals surface area contributed by atoms with Crippen LogP contribution in [-0.2, 0) is 6.54 Å². The Balaban J connectivity index is 1.64. The van der Waals surface area contributed by atoms with E-state index in [4.69, 9.17) is 9.47 Å². The number of hydrogen-bond acceptors (Lipinski definition) is 5. The summed E-state index contributed by atoms with van der Waals surface area (Å²) in [5.74, 6) is 1.84. The molecule has 2 N–H and O–H groups in total. The van der Waals surface area contributed by atoms with Crippen molar-refractivity contribution in [2.24, 2.45) is 0 Å². The number of H-pyrrole nitrogens is 1. The van der Waals surface area contributed by atoms with Crippen LogP contribution in [0.25, 0.3) is 0 Å². The van der Waals surface area contributed by atoms with E-state index >= 15 is 0 Å². The van der Waals surface area contributed by atoms with Gasteiger partial charge >= 0.3 is 0 Å². The minimum Gasteiger partial charge on any atom is -0.454 e. The Kier molecular flexibility index (Phi) is 2.79. The average Bonchev–Trinajstić information content (AvgIpc) is 3.03. The molecule has 7 nitrogen and oxygen atoms in total. The molecule has 0 atom stereocenters. The van der Waals surface area contributed by atoms with Crippen molar-refractivity contribution in [2.75, 3.05) is 6.79 Å². The smallest absolute Gasteiger partial charge is 0.291 e. The number of nitrogens with one attached hydrogen (secondary N) is 2. The van der Waals surface area contributed by atoms with Gasteiger partial charge in [-0.15, -0.1) is 5.10 Å². The number of hydrogen-bond donors (Lipinski definition) is 2. The average molecular weight is 260 g/mol. The number of ether oxygens (including phenoxy) is 2. The summed E-state index contributed by atoms with van der Waals surface area (Å²) in [4.78, 5) is 15.7. The molecule has 0 fully saturated rings. The first kappa shape index (κ1) is 11.5. The Morgan fingerprint density at radius 1 is 1.42 bits per heavy atom. The summed E-state index contributed by atoms with van der Waals surface area (Å²) in [6, 6.07) is 5.53. The lowest BCUT2D eigenvalue weighted by atomic mass is 10.2. The zero-order valence-corrected chi connectivity index (χ0v) is 10.3. The summed E-state index contributed by atoms with van der Waals surface area (Å²) in [6.45, 7) is 2.35. The van der Waals surface area contributed by atoms with Gasteiger partial charge in [-0.05, 0) is 24.6 Å². The molecule has 2 heterocycles. The van der Waals surface area contributed by atoms with E-state index < -0.39 is 0 Å². The van der Waals surface area contributed by atoms with E-state index in [9.17, 15) is 4.79 Å². The maximum Gasteiger partial charge on any atom is 0.291 e. The molecule has 0 radical (unpaired) electrons. The molecular weight excluding hydrogens is 248 g/mol. The van der Waals surface area contributed by atoms with Crippen LogP contribution in [-0.4, -0.2) is 27.9 Å². The maximum absolute atomic E-state index is 11.8. The Morgan fingerprint density at radius 2 is 2.26 bits per heavy atom. The first-order valence-corrected chi connectivity index (χ1v) is 5.78. The minimum atomic E-state index is -0.318. The van der Waals surface area contributed by atoms with Crippen molar-refractivity contribution >= 4 is 5.91 Å². The third kappa shape index (κ3) is 2.35. The van der Waals surface area contributed by atoms with Gasteiger partial charge in [-0.3, -0.25) is 9.89 Å². The predicted molar refractivity (Wildman–Crippen MR) is 64.9 cm³/mol. The number of fused-ring (bicyclic) bond motifs is 1. The number of carbonyl (C=O) groups is 1. The molecule has 1 aromatic heterocycles. The van der Waals surface area contributed by atoms with Crippen molar-refractivity contribution < 1.29 is 14.3 Å². The minimum absolute atomic E-state index is 0.137. The van der Waals surface area contributed by atoms with Gasteiger partial charge in [-0.25, -0.2) is 4.98 Å². The third-order valence-electron chi connectivity index (χ3n) is 2.69. The molecule has 0 bridgehead atoms. The highest BCUT2D eigenvalue weighted by molar-refractivity contribution is 5.90. The van der Waals surface area contributed by atoms with E-state index in [-0.39, 0.29) is 18.5 Å². The second-order valence-electron chi connectivity index (χ2n) is 4.11. The molecule has 1 aliphatic heterocycles. The molecular formula is C12H12N4O3. The summed E-state index contributed by atoms with van der Waals surface area (Å²) in [5.41, 5.74) is 0.921. The van der Waals surface area contributed by atoms with E-state index in [1.54, 1.807) is 6.92 Å². The molecule has 0 aliphatic carbocycles. The molecule has 1 amide bonds. The summed E-state index contributed by atoms with van der Waals surface area (Å²) < 4.78 is 10.5. The van der Waals surface area contributed by atoms with Crippen LogP contribution in [0, 0.1) is 6.92 Å². The number of rotatable bonds is 3. The Bertz CT molecular complexity index is 623. The number of amides is 1. The Hall–Kier alpha value is -2.57. The molecule has 1 aliphatic rings. The number of aromatic nitrogens is 3. The SMILES string of the molecule is Cc1nc(C(=O)NCc2ccc3c(c2)OCO3)n[nH]1. The van der Waals surface area contributed by atoms with Crippen LogP contribution in [0.4, 0.5) is 0 Å². The first-order valence-electron chi connectivity index (χ1n) is 5.78. The van der Waals surface area contributed by atoms with Crippen LogP contribution < -0.4 is 14.8 Å². The van der Waals surface area contributed by atoms with E-state index in [0.717, 1.165) is 11.3 Å². The van der Waals surface area contributed by atoms with Gasteiger partial charge in [-0.1, -0.05) is 6.07 Å². The van der Waals surface area contributed by atoms with Crippen molar-refractivity contribution in [1.29, 1.82) is 0 Å². The number of carbonyl (C=O) groups excluding carboxylic acids is 1. The van der Waals surface area contributed by atoms with Crippen LogP contribution >= 0.6 is 0 Å². The maximum atomic E-state index is 11.8.